The molecule has 0 radical (unpaired) electrons. The third-order valence-corrected chi connectivity index (χ3v) is 10.8. The second-order valence-corrected chi connectivity index (χ2v) is 15.3. The summed E-state index contributed by atoms with van der Waals surface area (Å²) in [7, 11) is 0. The normalized spacial score (nSPS) is 11.5. The summed E-state index contributed by atoms with van der Waals surface area (Å²) in [5, 5.41) is 0. The van der Waals surface area contributed by atoms with Crippen molar-refractivity contribution in [3.63, 3.8) is 0 Å². The van der Waals surface area contributed by atoms with Crippen LogP contribution < -0.4 is 4.57 Å². The van der Waals surface area contributed by atoms with Crippen LogP contribution in [0.3, 0.4) is 0 Å². The summed E-state index contributed by atoms with van der Waals surface area (Å²) in [6.45, 7) is 4.62. The third kappa shape index (κ3) is 23.7. The first-order chi connectivity index (χ1) is 23.8. The average Bonchev–Trinajstić information content (AvgIpc) is 3.12. The highest BCUT2D eigenvalue weighted by molar-refractivity contribution is 5.26. The monoisotopic (exact) mass is 661 g/mol. The lowest BCUT2D eigenvalue weighted by Crippen LogP contribution is -2.30. The average molecular weight is 661 g/mol. The van der Waals surface area contributed by atoms with E-state index in [0.717, 1.165) is 0 Å². The van der Waals surface area contributed by atoms with Gasteiger partial charge in [-0.3, -0.25) is 0 Å². The zero-order chi connectivity index (χ0) is 34.0. The van der Waals surface area contributed by atoms with Gasteiger partial charge in [0.25, 0.3) is 0 Å². The molecular weight excluding hydrogens is 579 g/mol. The highest BCUT2D eigenvalue weighted by Gasteiger charge is 2.12. The summed E-state index contributed by atoms with van der Waals surface area (Å²) in [5.74, 6) is 0. The molecule has 0 fully saturated rings. The maximum Gasteiger partial charge on any atom is 0.210 e. The van der Waals surface area contributed by atoms with E-state index in [2.05, 4.69) is 67.2 Å². The molecule has 0 saturated carbocycles. The van der Waals surface area contributed by atoms with Crippen LogP contribution >= 0.6 is 0 Å². The van der Waals surface area contributed by atoms with Gasteiger partial charge in [-0.2, -0.15) is 4.57 Å². The van der Waals surface area contributed by atoms with Gasteiger partial charge in [0.2, 0.25) is 5.69 Å². The van der Waals surface area contributed by atoms with E-state index in [4.69, 9.17) is 0 Å². The molecule has 0 unspecified atom stereocenters. The summed E-state index contributed by atoms with van der Waals surface area (Å²) < 4.78 is 2.35. The Balaban J connectivity index is 1.54. The Kier molecular flexibility index (Phi) is 28.9. The molecule has 0 spiro atoms. The topological polar surface area (TPSA) is 3.88 Å². The van der Waals surface area contributed by atoms with E-state index in [-0.39, 0.29) is 0 Å². The van der Waals surface area contributed by atoms with Crippen LogP contribution in [0.5, 0.6) is 0 Å². The number of aryl methyl sites for hydroxylation is 2. The van der Waals surface area contributed by atoms with Crippen LogP contribution in [0.2, 0.25) is 0 Å². The number of nitrogens with zero attached hydrogens (tertiary/aromatic N) is 1. The van der Waals surface area contributed by atoms with E-state index in [1.807, 2.05) is 0 Å². The largest absolute Gasteiger partial charge is 0.210 e. The summed E-state index contributed by atoms with van der Waals surface area (Å²) in [6, 6.07) is 13.3. The number of benzene rings is 1. The molecule has 0 aliphatic carbocycles. The van der Waals surface area contributed by atoms with E-state index in [0.29, 0.717) is 0 Å². The minimum atomic E-state index is 1.24. The first kappa shape index (κ1) is 42.5. The Morgan fingerprint density at radius 3 is 1.00 bits per heavy atom. The van der Waals surface area contributed by atoms with Gasteiger partial charge in [-0.1, -0.05) is 225 Å². The molecule has 1 nitrogen and oxygen atoms in total. The Hall–Kier alpha value is -1.63. The molecule has 0 aliphatic rings. The summed E-state index contributed by atoms with van der Waals surface area (Å²) in [5.41, 5.74) is 4.47. The van der Waals surface area contributed by atoms with E-state index >= 15 is 0 Å². The van der Waals surface area contributed by atoms with Gasteiger partial charge in [-0.15, -0.1) is 0 Å². The zero-order valence-corrected chi connectivity index (χ0v) is 32.6. The first-order valence-electron chi connectivity index (χ1n) is 21.9. The van der Waals surface area contributed by atoms with Gasteiger partial charge < -0.3 is 0 Å². The standard InChI is InChI=1S/C47H82N/c1-3-5-7-9-11-13-15-17-19-21-23-25-27-29-31-34-38-45-42-43-48(47-40-36-33-37-41-47)44-46(45)39-35-32-30-28-26-24-22-20-18-16-14-12-10-8-6-4-2/h33,36-37,40-44H,3-32,34-35,38-39H2,1-2H3/q+1. The van der Waals surface area contributed by atoms with Gasteiger partial charge in [0.05, 0.1) is 0 Å². The maximum absolute atomic E-state index is 2.45. The highest BCUT2D eigenvalue weighted by Crippen LogP contribution is 2.19. The van der Waals surface area contributed by atoms with Crippen molar-refractivity contribution in [3.05, 3.63) is 59.9 Å². The van der Waals surface area contributed by atoms with Crippen LogP contribution in [0.1, 0.15) is 230 Å². The third-order valence-electron chi connectivity index (χ3n) is 10.8. The molecular formula is C47H82N+. The van der Waals surface area contributed by atoms with Crippen LogP contribution in [-0.4, -0.2) is 0 Å². The number of aromatic nitrogens is 1. The zero-order valence-electron chi connectivity index (χ0n) is 32.6. The summed E-state index contributed by atoms with van der Waals surface area (Å²) >= 11 is 0. The van der Waals surface area contributed by atoms with Crippen LogP contribution in [0.15, 0.2) is 48.8 Å². The SMILES string of the molecule is CCCCCCCCCCCCCCCCCCc1cc[n+](-c2ccccc2)cc1CCCCCCCCCCCCCCCCCC. The molecule has 1 heteroatoms. The molecule has 0 atom stereocenters. The van der Waals surface area contributed by atoms with Gasteiger partial charge in [0.1, 0.15) is 0 Å². The second kappa shape index (κ2) is 32.6. The number of rotatable bonds is 35. The molecule has 1 aromatic carbocycles. The molecule has 0 N–H and O–H groups in total. The van der Waals surface area contributed by atoms with Crippen molar-refractivity contribution in [3.8, 4) is 5.69 Å². The molecule has 2 rings (SSSR count). The fourth-order valence-corrected chi connectivity index (χ4v) is 7.53. The molecule has 0 aliphatic heterocycles. The van der Waals surface area contributed by atoms with Crippen molar-refractivity contribution in [2.24, 2.45) is 0 Å². The van der Waals surface area contributed by atoms with Crippen LogP contribution in [-0.2, 0) is 12.8 Å². The molecule has 0 amide bonds. The predicted octanol–water partition coefficient (Wildman–Crippen LogP) is 15.6. The van der Waals surface area contributed by atoms with Gasteiger partial charge in [0.15, 0.2) is 12.4 Å². The molecule has 48 heavy (non-hydrogen) atoms. The first-order valence-corrected chi connectivity index (χ1v) is 21.9. The number of unbranched alkanes of at least 4 members (excludes halogenated alkanes) is 30. The van der Waals surface area contributed by atoms with Crippen LogP contribution in [0.4, 0.5) is 0 Å². The lowest BCUT2D eigenvalue weighted by Gasteiger charge is -2.09. The Morgan fingerprint density at radius 1 is 0.333 bits per heavy atom. The van der Waals surface area contributed by atoms with E-state index in [9.17, 15) is 0 Å². The second-order valence-electron chi connectivity index (χ2n) is 15.3. The lowest BCUT2D eigenvalue weighted by molar-refractivity contribution is -0.596. The van der Waals surface area contributed by atoms with E-state index < -0.39 is 0 Å². The predicted molar refractivity (Wildman–Crippen MR) is 214 cm³/mol. The minimum Gasteiger partial charge on any atom is -0.167 e. The number of pyridine rings is 1. The van der Waals surface area contributed by atoms with Gasteiger partial charge in [0, 0.05) is 23.8 Å². The van der Waals surface area contributed by atoms with Crippen molar-refractivity contribution >= 4 is 0 Å². The molecule has 0 bridgehead atoms. The van der Waals surface area contributed by atoms with E-state index in [1.54, 1.807) is 11.1 Å². The molecule has 1 heterocycles. The Bertz CT molecular complexity index is 933. The molecule has 1 aromatic heterocycles. The van der Waals surface area contributed by atoms with Crippen molar-refractivity contribution < 1.29 is 4.57 Å². The van der Waals surface area contributed by atoms with Gasteiger partial charge in [-0.25, -0.2) is 0 Å². The Labute approximate surface area is 301 Å². The van der Waals surface area contributed by atoms with Crippen molar-refractivity contribution in [2.75, 3.05) is 0 Å². The van der Waals surface area contributed by atoms with Crippen molar-refractivity contribution in [1.82, 2.24) is 0 Å². The number of hydrogen-bond donors (Lipinski definition) is 0. The highest BCUT2D eigenvalue weighted by atomic mass is 14.9. The Morgan fingerprint density at radius 2 is 0.646 bits per heavy atom. The molecule has 274 valence electrons. The number of para-hydroxylation sites is 1. The fraction of sp³-hybridized carbons (Fsp3) is 0.766. The lowest BCUT2D eigenvalue weighted by atomic mass is 9.97. The van der Waals surface area contributed by atoms with E-state index in [1.165, 1.54) is 224 Å². The van der Waals surface area contributed by atoms with Crippen molar-refractivity contribution in [2.45, 2.75) is 232 Å². The van der Waals surface area contributed by atoms with Gasteiger partial charge in [-0.05, 0) is 31.2 Å². The van der Waals surface area contributed by atoms with Crippen LogP contribution in [0, 0.1) is 0 Å². The maximum atomic E-state index is 2.45. The number of hydrogen-bond acceptors (Lipinski definition) is 0. The molecule has 2 aromatic rings. The smallest absolute Gasteiger partial charge is 0.167 e. The van der Waals surface area contributed by atoms with Gasteiger partial charge >= 0.3 is 0 Å². The summed E-state index contributed by atoms with van der Waals surface area (Å²) in [4.78, 5) is 0. The quantitative estimate of drug-likeness (QED) is 0.0512. The minimum absolute atomic E-state index is 1.24. The fourth-order valence-electron chi connectivity index (χ4n) is 7.53. The molecule has 0 saturated heterocycles. The van der Waals surface area contributed by atoms with Crippen molar-refractivity contribution in [1.29, 1.82) is 0 Å². The van der Waals surface area contributed by atoms with Crippen LogP contribution in [0.25, 0.3) is 5.69 Å². The summed E-state index contributed by atoms with van der Waals surface area (Å²) in [6.07, 6.45) is 53.2.